The summed E-state index contributed by atoms with van der Waals surface area (Å²) in [6, 6.07) is 16.2. The highest BCUT2D eigenvalue weighted by atomic mass is 16.5. The minimum Gasteiger partial charge on any atom is -0.497 e. The number of methoxy groups -OCH3 is 2. The Hall–Kier alpha value is -3.09. The standard InChI is InChI=1S/C18H19N5O2/c1-24-14-7-3-5-12(9-14)16-11-17(23-18(19-16)20-21-22-23)13-6-4-8-15(10-13)25-2/h3-10,16-17H,11H2,1-2H3,(H,19,20,22)/t16-,17-/m0/s1. The minimum atomic E-state index is 0.0255. The van der Waals surface area contributed by atoms with Crippen molar-refractivity contribution < 1.29 is 9.47 Å². The summed E-state index contributed by atoms with van der Waals surface area (Å²) in [5, 5.41) is 15.5. The molecule has 1 aliphatic rings. The molecule has 0 bridgehead atoms. The lowest BCUT2D eigenvalue weighted by Crippen LogP contribution is -2.28. The van der Waals surface area contributed by atoms with Crippen LogP contribution in [-0.2, 0) is 0 Å². The molecular formula is C18H19N5O2. The van der Waals surface area contributed by atoms with E-state index in [1.807, 2.05) is 41.1 Å². The average molecular weight is 337 g/mol. The van der Waals surface area contributed by atoms with E-state index in [4.69, 9.17) is 9.47 Å². The number of nitrogens with one attached hydrogen (secondary N) is 1. The molecule has 0 fully saturated rings. The van der Waals surface area contributed by atoms with Gasteiger partial charge in [-0.05, 0) is 52.2 Å². The van der Waals surface area contributed by atoms with Crippen molar-refractivity contribution in [3.63, 3.8) is 0 Å². The molecule has 7 nitrogen and oxygen atoms in total. The Morgan fingerprint density at radius 2 is 1.68 bits per heavy atom. The maximum Gasteiger partial charge on any atom is 0.243 e. The zero-order chi connectivity index (χ0) is 17.2. The second-order valence-electron chi connectivity index (χ2n) is 5.95. The van der Waals surface area contributed by atoms with E-state index < -0.39 is 0 Å². The van der Waals surface area contributed by atoms with Crippen molar-refractivity contribution in [1.29, 1.82) is 0 Å². The molecule has 2 heterocycles. The van der Waals surface area contributed by atoms with E-state index in [-0.39, 0.29) is 12.1 Å². The molecule has 0 saturated heterocycles. The van der Waals surface area contributed by atoms with E-state index >= 15 is 0 Å². The lowest BCUT2D eigenvalue weighted by molar-refractivity contribution is 0.402. The maximum atomic E-state index is 5.36. The molecule has 1 N–H and O–H groups in total. The summed E-state index contributed by atoms with van der Waals surface area (Å²) in [5.74, 6) is 2.32. The Bertz CT molecular complexity index is 879. The fraction of sp³-hybridized carbons (Fsp3) is 0.278. The van der Waals surface area contributed by atoms with Gasteiger partial charge < -0.3 is 14.8 Å². The second-order valence-corrected chi connectivity index (χ2v) is 5.95. The third-order valence-electron chi connectivity index (χ3n) is 4.53. The fourth-order valence-corrected chi connectivity index (χ4v) is 3.24. The number of fused-ring (bicyclic) bond motifs is 1. The van der Waals surface area contributed by atoms with Crippen LogP contribution in [0.3, 0.4) is 0 Å². The maximum absolute atomic E-state index is 5.36. The zero-order valence-corrected chi connectivity index (χ0v) is 14.1. The van der Waals surface area contributed by atoms with Crippen LogP contribution in [-0.4, -0.2) is 34.4 Å². The quantitative estimate of drug-likeness (QED) is 0.789. The Morgan fingerprint density at radius 1 is 1.00 bits per heavy atom. The van der Waals surface area contributed by atoms with Crippen molar-refractivity contribution in [3.8, 4) is 11.5 Å². The van der Waals surface area contributed by atoms with Gasteiger partial charge in [0.25, 0.3) is 0 Å². The summed E-state index contributed by atoms with van der Waals surface area (Å²) in [6.07, 6.45) is 0.818. The minimum absolute atomic E-state index is 0.0255. The molecule has 7 heteroatoms. The molecule has 1 aromatic heterocycles. The van der Waals surface area contributed by atoms with Crippen molar-refractivity contribution in [2.24, 2.45) is 0 Å². The molecular weight excluding hydrogens is 318 g/mol. The van der Waals surface area contributed by atoms with Gasteiger partial charge in [-0.3, -0.25) is 0 Å². The molecule has 1 aliphatic heterocycles. The third-order valence-corrected chi connectivity index (χ3v) is 4.53. The molecule has 0 spiro atoms. The van der Waals surface area contributed by atoms with Crippen LogP contribution >= 0.6 is 0 Å². The lowest BCUT2D eigenvalue weighted by Gasteiger charge is -2.31. The van der Waals surface area contributed by atoms with Gasteiger partial charge in [0.1, 0.15) is 11.5 Å². The highest BCUT2D eigenvalue weighted by Crippen LogP contribution is 2.38. The van der Waals surface area contributed by atoms with Gasteiger partial charge in [-0.1, -0.05) is 29.4 Å². The first kappa shape index (κ1) is 15.4. The molecule has 2 aromatic carbocycles. The van der Waals surface area contributed by atoms with Crippen molar-refractivity contribution in [1.82, 2.24) is 20.2 Å². The number of hydrogen-bond donors (Lipinski definition) is 1. The van der Waals surface area contributed by atoms with Crippen LogP contribution in [0.4, 0.5) is 5.95 Å². The first-order valence-electron chi connectivity index (χ1n) is 8.11. The van der Waals surface area contributed by atoms with Crippen molar-refractivity contribution in [2.45, 2.75) is 18.5 Å². The van der Waals surface area contributed by atoms with Crippen LogP contribution in [0.5, 0.6) is 11.5 Å². The van der Waals surface area contributed by atoms with Crippen LogP contribution < -0.4 is 14.8 Å². The van der Waals surface area contributed by atoms with Crippen molar-refractivity contribution in [3.05, 3.63) is 59.7 Å². The van der Waals surface area contributed by atoms with Crippen LogP contribution in [0.1, 0.15) is 29.6 Å². The summed E-state index contributed by atoms with van der Waals surface area (Å²) >= 11 is 0. The predicted octanol–water partition coefficient (Wildman–Crippen LogP) is 2.84. The summed E-state index contributed by atoms with van der Waals surface area (Å²) < 4.78 is 12.5. The van der Waals surface area contributed by atoms with E-state index in [2.05, 4.69) is 33.0 Å². The molecule has 3 aromatic rings. The monoisotopic (exact) mass is 337 g/mol. The molecule has 4 rings (SSSR count). The van der Waals surface area contributed by atoms with Gasteiger partial charge in [-0.15, -0.1) is 0 Å². The van der Waals surface area contributed by atoms with Gasteiger partial charge in [-0.2, -0.15) is 0 Å². The average Bonchev–Trinajstić information content (AvgIpc) is 3.16. The molecule has 0 radical (unpaired) electrons. The molecule has 25 heavy (non-hydrogen) atoms. The SMILES string of the molecule is COc1cccc([C@@H]2C[C@@H](c3cccc(OC)c3)n3nnnc3N2)c1. The van der Waals surface area contributed by atoms with Gasteiger partial charge in [0.2, 0.25) is 5.95 Å². The van der Waals surface area contributed by atoms with Gasteiger partial charge in [-0.25, -0.2) is 4.68 Å². The van der Waals surface area contributed by atoms with E-state index in [9.17, 15) is 0 Å². The first-order chi connectivity index (χ1) is 12.3. The van der Waals surface area contributed by atoms with Gasteiger partial charge in [0.15, 0.2) is 0 Å². The number of rotatable bonds is 4. The topological polar surface area (TPSA) is 74.1 Å². The smallest absolute Gasteiger partial charge is 0.243 e. The number of anilines is 1. The summed E-state index contributed by atoms with van der Waals surface area (Å²) in [7, 11) is 3.34. The number of aromatic nitrogens is 4. The van der Waals surface area contributed by atoms with Crippen molar-refractivity contribution >= 4 is 5.95 Å². The van der Waals surface area contributed by atoms with Crippen LogP contribution in [0.25, 0.3) is 0 Å². The number of tetrazole rings is 1. The fourth-order valence-electron chi connectivity index (χ4n) is 3.24. The Kier molecular flexibility index (Phi) is 3.97. The predicted molar refractivity (Wildman–Crippen MR) is 92.9 cm³/mol. The molecule has 2 atom stereocenters. The normalized spacial score (nSPS) is 19.0. The number of hydrogen-bond acceptors (Lipinski definition) is 6. The number of nitrogens with zero attached hydrogens (tertiary/aromatic N) is 4. The largest absolute Gasteiger partial charge is 0.497 e. The second kappa shape index (κ2) is 6.43. The Morgan fingerprint density at radius 3 is 2.40 bits per heavy atom. The third kappa shape index (κ3) is 2.88. The molecule has 0 saturated carbocycles. The Labute approximate surface area is 145 Å². The summed E-state index contributed by atoms with van der Waals surface area (Å²) in [6.45, 7) is 0. The van der Waals surface area contributed by atoms with Crippen molar-refractivity contribution in [2.75, 3.05) is 19.5 Å². The zero-order valence-electron chi connectivity index (χ0n) is 14.1. The highest BCUT2D eigenvalue weighted by molar-refractivity contribution is 5.41. The highest BCUT2D eigenvalue weighted by Gasteiger charge is 2.31. The first-order valence-corrected chi connectivity index (χ1v) is 8.11. The van der Waals surface area contributed by atoms with Gasteiger partial charge in [0.05, 0.1) is 26.3 Å². The van der Waals surface area contributed by atoms with Gasteiger partial charge >= 0.3 is 0 Å². The van der Waals surface area contributed by atoms with E-state index in [1.54, 1.807) is 14.2 Å². The van der Waals surface area contributed by atoms with Crippen LogP contribution in [0.2, 0.25) is 0 Å². The molecule has 0 aliphatic carbocycles. The Balaban J connectivity index is 1.72. The number of benzene rings is 2. The summed E-state index contributed by atoms with van der Waals surface area (Å²) in [4.78, 5) is 0. The summed E-state index contributed by atoms with van der Waals surface area (Å²) in [5.41, 5.74) is 2.25. The van der Waals surface area contributed by atoms with Crippen LogP contribution in [0.15, 0.2) is 48.5 Å². The number of ether oxygens (including phenoxy) is 2. The van der Waals surface area contributed by atoms with E-state index in [1.165, 1.54) is 0 Å². The molecule has 0 amide bonds. The van der Waals surface area contributed by atoms with Crippen LogP contribution in [0, 0.1) is 0 Å². The van der Waals surface area contributed by atoms with E-state index in [0.29, 0.717) is 5.95 Å². The van der Waals surface area contributed by atoms with E-state index in [0.717, 1.165) is 29.0 Å². The molecule has 0 unspecified atom stereocenters. The lowest BCUT2D eigenvalue weighted by atomic mass is 9.93. The molecule has 128 valence electrons. The van der Waals surface area contributed by atoms with Gasteiger partial charge in [0, 0.05) is 0 Å².